The first kappa shape index (κ1) is 16.5. The summed E-state index contributed by atoms with van der Waals surface area (Å²) in [6.45, 7) is 2.53. The van der Waals surface area contributed by atoms with Crippen LogP contribution in [0.1, 0.15) is 22.8 Å². The Labute approximate surface area is 122 Å². The Morgan fingerprint density at radius 3 is 2.38 bits per heavy atom. The van der Waals surface area contributed by atoms with Crippen molar-refractivity contribution >= 4 is 17.9 Å². The van der Waals surface area contributed by atoms with Crippen molar-refractivity contribution in [2.24, 2.45) is 0 Å². The molecule has 0 radical (unpaired) electrons. The summed E-state index contributed by atoms with van der Waals surface area (Å²) in [5, 5.41) is 16.7. The van der Waals surface area contributed by atoms with Crippen molar-refractivity contribution in [3.05, 3.63) is 35.4 Å². The van der Waals surface area contributed by atoms with Gasteiger partial charge in [-0.3, -0.25) is 4.79 Å². The summed E-state index contributed by atoms with van der Waals surface area (Å²) in [6.07, 6.45) is 0.542. The highest BCUT2D eigenvalue weighted by Gasteiger charge is 2.04. The van der Waals surface area contributed by atoms with E-state index in [4.69, 9.17) is 5.11 Å². The van der Waals surface area contributed by atoms with Gasteiger partial charge in [0.25, 0.3) is 0 Å². The van der Waals surface area contributed by atoms with E-state index in [2.05, 4.69) is 16.0 Å². The van der Waals surface area contributed by atoms with E-state index in [0.29, 0.717) is 26.1 Å². The van der Waals surface area contributed by atoms with Crippen LogP contribution in [0.15, 0.2) is 24.3 Å². The molecule has 0 bridgehead atoms. The lowest BCUT2D eigenvalue weighted by molar-refractivity contribution is -0.118. The van der Waals surface area contributed by atoms with Crippen molar-refractivity contribution < 1.29 is 19.5 Å². The Balaban J connectivity index is 2.23. The van der Waals surface area contributed by atoms with E-state index in [1.54, 1.807) is 12.1 Å². The molecule has 0 atom stereocenters. The minimum absolute atomic E-state index is 0.143. The number of hydrogen-bond acceptors (Lipinski definition) is 3. The Kier molecular flexibility index (Phi) is 6.73. The van der Waals surface area contributed by atoms with Crippen LogP contribution in [0.2, 0.25) is 0 Å². The van der Waals surface area contributed by atoms with Crippen LogP contribution in [0.25, 0.3) is 0 Å². The quantitative estimate of drug-likeness (QED) is 0.544. The Bertz CT molecular complexity index is 517. The minimum Gasteiger partial charge on any atom is -0.478 e. The molecule has 3 amide bonds. The molecule has 0 aliphatic rings. The molecule has 4 N–H and O–H groups in total. The zero-order valence-electron chi connectivity index (χ0n) is 11.8. The van der Waals surface area contributed by atoms with Gasteiger partial charge in [0.05, 0.1) is 5.56 Å². The van der Waals surface area contributed by atoms with Gasteiger partial charge in [0.15, 0.2) is 0 Å². The number of urea groups is 1. The average Bonchev–Trinajstić information content (AvgIpc) is 2.44. The first-order valence-corrected chi connectivity index (χ1v) is 6.57. The van der Waals surface area contributed by atoms with Gasteiger partial charge >= 0.3 is 12.0 Å². The third-order valence-electron chi connectivity index (χ3n) is 2.66. The predicted octanol–water partition coefficient (Wildman–Crippen LogP) is 0.363. The van der Waals surface area contributed by atoms with Crippen molar-refractivity contribution in [2.75, 3.05) is 19.6 Å². The summed E-state index contributed by atoms with van der Waals surface area (Å²) in [7, 11) is 0. The maximum atomic E-state index is 11.4. The molecule has 0 saturated heterocycles. The van der Waals surface area contributed by atoms with Gasteiger partial charge in [-0.2, -0.15) is 0 Å². The molecule has 0 heterocycles. The van der Waals surface area contributed by atoms with E-state index in [9.17, 15) is 14.4 Å². The first-order chi connectivity index (χ1) is 9.99. The third kappa shape index (κ3) is 6.95. The molecule has 1 aromatic carbocycles. The first-order valence-electron chi connectivity index (χ1n) is 6.57. The fourth-order valence-corrected chi connectivity index (χ4v) is 1.66. The second-order valence-electron chi connectivity index (χ2n) is 4.42. The molecule has 1 rings (SSSR count). The third-order valence-corrected chi connectivity index (χ3v) is 2.66. The van der Waals surface area contributed by atoms with Gasteiger partial charge in [0, 0.05) is 26.6 Å². The van der Waals surface area contributed by atoms with Crippen LogP contribution in [0.5, 0.6) is 0 Å². The molecular weight excluding hydrogens is 274 g/mol. The average molecular weight is 293 g/mol. The van der Waals surface area contributed by atoms with E-state index in [0.717, 1.165) is 5.56 Å². The number of carboxylic acid groups (broad SMARTS) is 1. The molecule has 114 valence electrons. The van der Waals surface area contributed by atoms with Crippen LogP contribution >= 0.6 is 0 Å². The summed E-state index contributed by atoms with van der Waals surface area (Å²) in [5.74, 6) is -1.11. The standard InChI is InChI=1S/C14H19N3O4/c1-10(18)15-7-8-17-14(21)16-6-5-11-3-2-4-12(9-11)13(19)20/h2-4,9H,5-8H2,1H3,(H,15,18)(H,19,20)(H2,16,17,21). The van der Waals surface area contributed by atoms with Gasteiger partial charge in [0.1, 0.15) is 0 Å². The minimum atomic E-state index is -0.972. The van der Waals surface area contributed by atoms with Gasteiger partial charge in [0.2, 0.25) is 5.91 Å². The molecule has 7 heteroatoms. The Morgan fingerprint density at radius 1 is 1.05 bits per heavy atom. The number of hydrogen-bond donors (Lipinski definition) is 4. The predicted molar refractivity (Wildman–Crippen MR) is 77.2 cm³/mol. The Morgan fingerprint density at radius 2 is 1.71 bits per heavy atom. The molecule has 0 aliphatic heterocycles. The summed E-state index contributed by atoms with van der Waals surface area (Å²) in [4.78, 5) is 32.9. The second kappa shape index (κ2) is 8.57. The van der Waals surface area contributed by atoms with Gasteiger partial charge in [-0.25, -0.2) is 9.59 Å². The maximum absolute atomic E-state index is 11.4. The summed E-state index contributed by atoms with van der Waals surface area (Å²) in [5.41, 5.74) is 1.07. The van der Waals surface area contributed by atoms with Crippen LogP contribution in [0, 0.1) is 0 Å². The number of carboxylic acids is 1. The van der Waals surface area contributed by atoms with Crippen molar-refractivity contribution in [3.63, 3.8) is 0 Å². The van der Waals surface area contributed by atoms with E-state index in [1.165, 1.54) is 13.0 Å². The maximum Gasteiger partial charge on any atom is 0.335 e. The number of amides is 3. The smallest absolute Gasteiger partial charge is 0.335 e. The van der Waals surface area contributed by atoms with Crippen LogP contribution in [-0.2, 0) is 11.2 Å². The van der Waals surface area contributed by atoms with E-state index < -0.39 is 5.97 Å². The van der Waals surface area contributed by atoms with Gasteiger partial charge < -0.3 is 21.1 Å². The van der Waals surface area contributed by atoms with Crippen molar-refractivity contribution in [2.45, 2.75) is 13.3 Å². The Hall–Kier alpha value is -2.57. The second-order valence-corrected chi connectivity index (χ2v) is 4.42. The van der Waals surface area contributed by atoms with Crippen molar-refractivity contribution in [3.8, 4) is 0 Å². The lowest BCUT2D eigenvalue weighted by Gasteiger charge is -2.08. The number of carbonyl (C=O) groups excluding carboxylic acids is 2. The van der Waals surface area contributed by atoms with Crippen molar-refractivity contribution in [1.29, 1.82) is 0 Å². The molecule has 0 spiro atoms. The summed E-state index contributed by atoms with van der Waals surface area (Å²) >= 11 is 0. The number of carbonyl (C=O) groups is 3. The van der Waals surface area contributed by atoms with Gasteiger partial charge in [-0.05, 0) is 24.1 Å². The molecular formula is C14H19N3O4. The van der Waals surface area contributed by atoms with Gasteiger partial charge in [-0.15, -0.1) is 0 Å². The highest BCUT2D eigenvalue weighted by molar-refractivity contribution is 5.87. The van der Waals surface area contributed by atoms with Crippen LogP contribution in [0.3, 0.4) is 0 Å². The van der Waals surface area contributed by atoms with Crippen LogP contribution in [-0.4, -0.2) is 42.6 Å². The topological polar surface area (TPSA) is 108 Å². The molecule has 0 fully saturated rings. The molecule has 1 aromatic rings. The largest absolute Gasteiger partial charge is 0.478 e. The molecule has 7 nitrogen and oxygen atoms in total. The SMILES string of the molecule is CC(=O)NCCNC(=O)NCCc1cccc(C(=O)O)c1. The lowest BCUT2D eigenvalue weighted by atomic mass is 10.1. The van der Waals surface area contributed by atoms with Gasteiger partial charge in [-0.1, -0.05) is 12.1 Å². The fraction of sp³-hybridized carbons (Fsp3) is 0.357. The van der Waals surface area contributed by atoms with E-state index >= 15 is 0 Å². The van der Waals surface area contributed by atoms with Crippen molar-refractivity contribution in [1.82, 2.24) is 16.0 Å². The molecule has 0 aromatic heterocycles. The summed E-state index contributed by atoms with van der Waals surface area (Å²) < 4.78 is 0. The zero-order valence-corrected chi connectivity index (χ0v) is 11.8. The number of aromatic carboxylic acids is 1. The number of benzene rings is 1. The molecule has 0 aliphatic carbocycles. The summed E-state index contributed by atoms with van der Waals surface area (Å²) in [6, 6.07) is 6.26. The van der Waals surface area contributed by atoms with E-state index in [-0.39, 0.29) is 17.5 Å². The normalized spacial score (nSPS) is 9.76. The lowest BCUT2D eigenvalue weighted by Crippen LogP contribution is -2.40. The fourth-order valence-electron chi connectivity index (χ4n) is 1.66. The van der Waals surface area contributed by atoms with Crippen LogP contribution < -0.4 is 16.0 Å². The number of rotatable bonds is 7. The zero-order chi connectivity index (χ0) is 15.7. The highest BCUT2D eigenvalue weighted by Crippen LogP contribution is 2.05. The molecule has 21 heavy (non-hydrogen) atoms. The number of nitrogens with one attached hydrogen (secondary N) is 3. The highest BCUT2D eigenvalue weighted by atomic mass is 16.4. The monoisotopic (exact) mass is 293 g/mol. The van der Waals surface area contributed by atoms with E-state index in [1.807, 2.05) is 6.07 Å². The molecule has 0 unspecified atom stereocenters. The molecule has 0 saturated carbocycles. The van der Waals surface area contributed by atoms with Crippen LogP contribution in [0.4, 0.5) is 4.79 Å².